The van der Waals surface area contributed by atoms with Crippen molar-refractivity contribution < 1.29 is 29.4 Å². The van der Waals surface area contributed by atoms with Crippen LogP contribution in [0.1, 0.15) is 25.7 Å². The maximum atomic E-state index is 11.4. The lowest BCUT2D eigenvalue weighted by atomic mass is 10.1. The fourth-order valence-electron chi connectivity index (χ4n) is 1.60. The molecule has 1 saturated heterocycles. The quantitative estimate of drug-likeness (QED) is 0.486. The first-order valence-electron chi connectivity index (χ1n) is 5.44. The summed E-state index contributed by atoms with van der Waals surface area (Å²) in [6, 6.07) is -2.24. The Morgan fingerprint density at radius 2 is 1.22 bits per heavy atom. The van der Waals surface area contributed by atoms with Crippen molar-refractivity contribution in [3.63, 3.8) is 0 Å². The van der Waals surface area contributed by atoms with Crippen LogP contribution < -0.4 is 10.6 Å². The Morgan fingerprint density at radius 3 is 1.50 bits per heavy atom. The van der Waals surface area contributed by atoms with Gasteiger partial charge in [0.25, 0.3) is 0 Å². The van der Waals surface area contributed by atoms with Crippen LogP contribution in [0.2, 0.25) is 0 Å². The molecule has 8 nitrogen and oxygen atoms in total. The Kier molecular flexibility index (Phi) is 4.64. The van der Waals surface area contributed by atoms with E-state index in [1.807, 2.05) is 0 Å². The summed E-state index contributed by atoms with van der Waals surface area (Å²) in [5.41, 5.74) is 0. The molecule has 0 aromatic carbocycles. The average molecular weight is 258 g/mol. The number of amides is 2. The Morgan fingerprint density at radius 1 is 0.889 bits per heavy atom. The maximum Gasteiger partial charge on any atom is 0.326 e. The van der Waals surface area contributed by atoms with Gasteiger partial charge in [0, 0.05) is 12.8 Å². The van der Waals surface area contributed by atoms with Gasteiger partial charge in [-0.15, -0.1) is 0 Å². The highest BCUT2D eigenvalue weighted by molar-refractivity contribution is 5.87. The summed E-state index contributed by atoms with van der Waals surface area (Å²) in [5.74, 6) is -3.51. The number of nitrogens with one attached hydrogen (secondary N) is 2. The van der Waals surface area contributed by atoms with Crippen LogP contribution in [-0.2, 0) is 19.2 Å². The Labute approximate surface area is 102 Å². The molecular weight excluding hydrogens is 244 g/mol. The van der Waals surface area contributed by atoms with Gasteiger partial charge >= 0.3 is 11.9 Å². The van der Waals surface area contributed by atoms with E-state index in [2.05, 4.69) is 10.6 Å². The molecule has 0 bridgehead atoms. The number of hydrogen-bond acceptors (Lipinski definition) is 4. The normalized spacial score (nSPS) is 25.8. The van der Waals surface area contributed by atoms with Gasteiger partial charge in [-0.05, 0) is 12.8 Å². The monoisotopic (exact) mass is 258 g/mol. The molecule has 1 rings (SSSR count). The molecule has 1 aliphatic heterocycles. The highest BCUT2D eigenvalue weighted by atomic mass is 16.4. The lowest BCUT2D eigenvalue weighted by Crippen LogP contribution is -2.46. The zero-order valence-electron chi connectivity index (χ0n) is 9.51. The first-order valence-corrected chi connectivity index (χ1v) is 5.44. The molecule has 1 aliphatic rings. The fraction of sp³-hybridized carbons (Fsp3) is 0.600. The second kappa shape index (κ2) is 5.99. The zero-order valence-corrected chi connectivity index (χ0v) is 9.51. The van der Waals surface area contributed by atoms with Gasteiger partial charge in [0.2, 0.25) is 11.8 Å². The van der Waals surface area contributed by atoms with Gasteiger partial charge in [-0.2, -0.15) is 0 Å². The van der Waals surface area contributed by atoms with E-state index < -0.39 is 35.8 Å². The average Bonchev–Trinajstić information content (AvgIpc) is 2.28. The first kappa shape index (κ1) is 13.9. The van der Waals surface area contributed by atoms with Crippen molar-refractivity contribution in [2.24, 2.45) is 0 Å². The van der Waals surface area contributed by atoms with Crippen LogP contribution in [0, 0.1) is 0 Å². The molecule has 0 aromatic heterocycles. The number of carbonyl (C=O) groups is 4. The lowest BCUT2D eigenvalue weighted by molar-refractivity contribution is -0.144. The maximum absolute atomic E-state index is 11.4. The number of hydrogen-bond donors (Lipinski definition) is 4. The van der Waals surface area contributed by atoms with Crippen molar-refractivity contribution in [2.75, 3.05) is 0 Å². The van der Waals surface area contributed by atoms with Gasteiger partial charge < -0.3 is 20.8 Å². The smallest absolute Gasteiger partial charge is 0.326 e. The fourth-order valence-corrected chi connectivity index (χ4v) is 1.60. The van der Waals surface area contributed by atoms with Crippen LogP contribution in [0.3, 0.4) is 0 Å². The van der Waals surface area contributed by atoms with Crippen LogP contribution in [0.5, 0.6) is 0 Å². The molecule has 2 amide bonds. The molecule has 0 unspecified atom stereocenters. The van der Waals surface area contributed by atoms with Crippen LogP contribution in [-0.4, -0.2) is 46.0 Å². The van der Waals surface area contributed by atoms with Gasteiger partial charge in [-0.1, -0.05) is 0 Å². The largest absolute Gasteiger partial charge is 0.480 e. The molecule has 1 fully saturated rings. The molecule has 1 heterocycles. The summed E-state index contributed by atoms with van der Waals surface area (Å²) < 4.78 is 0. The van der Waals surface area contributed by atoms with E-state index in [4.69, 9.17) is 10.2 Å². The highest BCUT2D eigenvalue weighted by Crippen LogP contribution is 2.05. The third-order valence-corrected chi connectivity index (χ3v) is 2.59. The van der Waals surface area contributed by atoms with Gasteiger partial charge in [-0.25, -0.2) is 9.59 Å². The van der Waals surface area contributed by atoms with Gasteiger partial charge in [0.15, 0.2) is 0 Å². The molecule has 0 spiro atoms. The molecule has 0 saturated carbocycles. The van der Waals surface area contributed by atoms with Crippen LogP contribution >= 0.6 is 0 Å². The number of aliphatic carboxylic acids is 2. The summed E-state index contributed by atoms with van der Waals surface area (Å²) in [5, 5.41) is 22.2. The third-order valence-electron chi connectivity index (χ3n) is 2.59. The van der Waals surface area contributed by atoms with Gasteiger partial charge in [0.05, 0.1) is 0 Å². The van der Waals surface area contributed by atoms with Crippen molar-refractivity contribution in [1.82, 2.24) is 10.6 Å². The topological polar surface area (TPSA) is 133 Å². The molecule has 8 heteroatoms. The van der Waals surface area contributed by atoms with Crippen LogP contribution in [0.15, 0.2) is 0 Å². The summed E-state index contributed by atoms with van der Waals surface area (Å²) in [7, 11) is 0. The minimum absolute atomic E-state index is 0.0702. The Bertz CT molecular complexity index is 345. The van der Waals surface area contributed by atoms with E-state index >= 15 is 0 Å². The van der Waals surface area contributed by atoms with Crippen LogP contribution in [0.25, 0.3) is 0 Å². The van der Waals surface area contributed by atoms with E-state index in [0.29, 0.717) is 0 Å². The molecule has 4 N–H and O–H groups in total. The zero-order chi connectivity index (χ0) is 13.7. The second-order valence-electron chi connectivity index (χ2n) is 3.99. The van der Waals surface area contributed by atoms with Crippen LogP contribution in [0.4, 0.5) is 0 Å². The summed E-state index contributed by atoms with van der Waals surface area (Å²) in [6.07, 6.45) is -0.444. The summed E-state index contributed by atoms with van der Waals surface area (Å²) >= 11 is 0. The third kappa shape index (κ3) is 4.04. The van der Waals surface area contributed by atoms with E-state index in [1.165, 1.54) is 0 Å². The number of carboxylic acids is 2. The predicted molar refractivity (Wildman–Crippen MR) is 57.6 cm³/mol. The number of rotatable bonds is 2. The molecule has 2 atom stereocenters. The first-order chi connectivity index (χ1) is 8.40. The van der Waals surface area contributed by atoms with E-state index in [-0.39, 0.29) is 25.7 Å². The van der Waals surface area contributed by atoms with Crippen molar-refractivity contribution in [1.29, 1.82) is 0 Å². The lowest BCUT2D eigenvalue weighted by Gasteiger charge is -2.19. The minimum atomic E-state index is -1.22. The molecule has 18 heavy (non-hydrogen) atoms. The highest BCUT2D eigenvalue weighted by Gasteiger charge is 2.26. The molecule has 0 aliphatic carbocycles. The Hall–Kier alpha value is -2.12. The van der Waals surface area contributed by atoms with E-state index in [9.17, 15) is 19.2 Å². The van der Waals surface area contributed by atoms with E-state index in [0.717, 1.165) is 0 Å². The second-order valence-corrected chi connectivity index (χ2v) is 3.99. The molecule has 0 aromatic rings. The molecule has 0 radical (unpaired) electrons. The van der Waals surface area contributed by atoms with E-state index in [1.54, 1.807) is 0 Å². The summed E-state index contributed by atoms with van der Waals surface area (Å²) in [4.78, 5) is 44.4. The molecular formula is C10H14N2O6. The Balaban J connectivity index is 2.73. The number of carboxylic acid groups (broad SMARTS) is 2. The van der Waals surface area contributed by atoms with Crippen molar-refractivity contribution in [3.8, 4) is 0 Å². The standard InChI is InChI=1S/C10H14N2O6/c13-7-3-1-5(9(15)16)11-8(14)4-2-6(12-7)10(17)18/h5-6H,1-4H2,(H,11,14)(H,12,13)(H,15,16)(H,17,18)/t5-,6-/m0/s1. The van der Waals surface area contributed by atoms with Gasteiger partial charge in [0.1, 0.15) is 12.1 Å². The van der Waals surface area contributed by atoms with Crippen molar-refractivity contribution in [2.45, 2.75) is 37.8 Å². The van der Waals surface area contributed by atoms with Gasteiger partial charge in [-0.3, -0.25) is 9.59 Å². The minimum Gasteiger partial charge on any atom is -0.480 e. The molecule has 100 valence electrons. The number of carbonyl (C=O) groups excluding carboxylic acids is 2. The predicted octanol–water partition coefficient (Wildman–Crippen LogP) is -1.30. The van der Waals surface area contributed by atoms with Crippen molar-refractivity contribution in [3.05, 3.63) is 0 Å². The van der Waals surface area contributed by atoms with Crippen molar-refractivity contribution >= 4 is 23.8 Å². The summed E-state index contributed by atoms with van der Waals surface area (Å²) in [6.45, 7) is 0. The SMILES string of the molecule is O=C1CC[C@@H](C(=O)O)NC(=O)CC[C@@H](C(=O)O)N1.